The number of nitrogens with zero attached hydrogens (tertiary/aromatic N) is 2. The molecule has 1 heterocycles. The third-order valence-corrected chi connectivity index (χ3v) is 2.86. The number of halogens is 2. The van der Waals surface area contributed by atoms with E-state index in [0.29, 0.717) is 0 Å². The van der Waals surface area contributed by atoms with E-state index in [9.17, 15) is 0 Å². The van der Waals surface area contributed by atoms with E-state index < -0.39 is 0 Å². The predicted molar refractivity (Wildman–Crippen MR) is 39.7 cm³/mol. The molecule has 1 rings (SSSR count). The highest BCUT2D eigenvalue weighted by Crippen LogP contribution is 2.07. The Labute approximate surface area is 67.1 Å². The fourth-order valence-electron chi connectivity index (χ4n) is 0.167. The Morgan fingerprint density at radius 1 is 1.14 bits per heavy atom. The van der Waals surface area contributed by atoms with E-state index in [2.05, 4.69) is 14.9 Å². The lowest BCUT2D eigenvalue weighted by Gasteiger charge is -1.66. The van der Waals surface area contributed by atoms with Gasteiger partial charge in [0.05, 0.1) is 0 Å². The summed E-state index contributed by atoms with van der Waals surface area (Å²) in [5.41, 5.74) is 0. The maximum atomic E-state index is 4.33. The van der Waals surface area contributed by atoms with Crippen molar-refractivity contribution in [2.45, 2.75) is 0 Å². The Kier molecular flexibility index (Phi) is 1.84. The van der Waals surface area contributed by atoms with Crippen molar-refractivity contribution in [1.82, 2.24) is 10.3 Å². The first-order valence-corrected chi connectivity index (χ1v) is 3.60. The summed E-state index contributed by atoms with van der Waals surface area (Å²) in [6, 6.07) is 0. The van der Waals surface area contributed by atoms with E-state index in [-0.39, 0.29) is 0 Å². The van der Waals surface area contributed by atoms with Crippen LogP contribution in [-0.4, -0.2) is 10.3 Å². The molecule has 0 saturated heterocycles. The van der Waals surface area contributed by atoms with Gasteiger partial charge in [-0.25, -0.2) is 4.63 Å². The van der Waals surface area contributed by atoms with E-state index in [1.807, 2.05) is 45.2 Å². The van der Waals surface area contributed by atoms with Gasteiger partial charge < -0.3 is 0 Å². The van der Waals surface area contributed by atoms with Crippen LogP contribution in [0.3, 0.4) is 0 Å². The molecule has 3 nitrogen and oxygen atoms in total. The second-order valence-electron chi connectivity index (χ2n) is 0.846. The lowest BCUT2D eigenvalue weighted by atomic mass is 11.0. The molecule has 0 aliphatic heterocycles. The van der Waals surface area contributed by atoms with Crippen LogP contribution in [-0.2, 0) is 0 Å². The van der Waals surface area contributed by atoms with E-state index in [1.165, 1.54) is 0 Å². The van der Waals surface area contributed by atoms with E-state index in [0.717, 1.165) is 7.40 Å². The van der Waals surface area contributed by atoms with Crippen molar-refractivity contribution in [2.75, 3.05) is 0 Å². The molecular formula is C2I2N2O. The van der Waals surface area contributed by atoms with Crippen LogP contribution >= 0.6 is 45.2 Å². The molecule has 0 aliphatic rings. The molecule has 0 aliphatic carbocycles. The first kappa shape index (κ1) is 5.73. The highest BCUT2D eigenvalue weighted by atomic mass is 127. The number of rotatable bonds is 0. The molecule has 0 atom stereocenters. The quantitative estimate of drug-likeness (QED) is 0.676. The summed E-state index contributed by atoms with van der Waals surface area (Å²) in [5.74, 6) is 0. The smallest absolute Gasteiger partial charge is 0.178 e. The molecule has 0 N–H and O–H groups in total. The summed E-state index contributed by atoms with van der Waals surface area (Å²) in [4.78, 5) is 0. The Hall–Kier alpha value is 0.600. The zero-order valence-electron chi connectivity index (χ0n) is 3.06. The Morgan fingerprint density at radius 2 is 1.57 bits per heavy atom. The first-order valence-electron chi connectivity index (χ1n) is 1.44. The lowest BCUT2D eigenvalue weighted by Crippen LogP contribution is -1.69. The molecule has 0 radical (unpaired) electrons. The van der Waals surface area contributed by atoms with Crippen molar-refractivity contribution >= 4 is 45.2 Å². The minimum atomic E-state index is 0.818. The van der Waals surface area contributed by atoms with Gasteiger partial charge in [-0.1, -0.05) is 0 Å². The molecule has 0 fully saturated rings. The summed E-state index contributed by atoms with van der Waals surface area (Å²) in [6.45, 7) is 0. The highest BCUT2D eigenvalue weighted by molar-refractivity contribution is 14.1. The Balaban J connectivity index is 3.12. The molecule has 1 aromatic rings. The maximum absolute atomic E-state index is 4.33. The topological polar surface area (TPSA) is 38.9 Å². The van der Waals surface area contributed by atoms with Crippen LogP contribution in [0.15, 0.2) is 4.63 Å². The average molecular weight is 322 g/mol. The van der Waals surface area contributed by atoms with Gasteiger partial charge >= 0.3 is 0 Å². The maximum Gasteiger partial charge on any atom is 0.178 e. The number of hydrogen-bond acceptors (Lipinski definition) is 3. The molecule has 0 aromatic carbocycles. The normalized spacial score (nSPS) is 9.43. The molecular weight excluding hydrogens is 322 g/mol. The van der Waals surface area contributed by atoms with E-state index in [1.54, 1.807) is 0 Å². The van der Waals surface area contributed by atoms with E-state index in [4.69, 9.17) is 0 Å². The zero-order chi connectivity index (χ0) is 5.28. The van der Waals surface area contributed by atoms with Crippen LogP contribution in [0.5, 0.6) is 0 Å². The first-order chi connectivity index (χ1) is 3.30. The monoisotopic (exact) mass is 322 g/mol. The molecule has 5 heteroatoms. The van der Waals surface area contributed by atoms with Crippen molar-refractivity contribution in [3.8, 4) is 0 Å². The fourth-order valence-corrected chi connectivity index (χ4v) is 0.541. The standard InChI is InChI=1S/C2I2N2O/c3-1-2(4)6-7-5-1. The summed E-state index contributed by atoms with van der Waals surface area (Å²) in [7, 11) is 0. The molecule has 7 heavy (non-hydrogen) atoms. The van der Waals surface area contributed by atoms with Gasteiger partial charge in [0, 0.05) is 0 Å². The molecule has 0 unspecified atom stereocenters. The minimum absolute atomic E-state index is 0.818. The van der Waals surface area contributed by atoms with Gasteiger partial charge in [0.15, 0.2) is 7.40 Å². The van der Waals surface area contributed by atoms with Gasteiger partial charge in [0.25, 0.3) is 0 Å². The lowest BCUT2D eigenvalue weighted by molar-refractivity contribution is 0.302. The third kappa shape index (κ3) is 1.24. The van der Waals surface area contributed by atoms with Crippen molar-refractivity contribution in [3.05, 3.63) is 7.40 Å². The van der Waals surface area contributed by atoms with Gasteiger partial charge in [0.1, 0.15) is 0 Å². The Bertz CT molecular complexity index is 146. The molecule has 38 valence electrons. The van der Waals surface area contributed by atoms with Gasteiger partial charge in [0.2, 0.25) is 0 Å². The second kappa shape index (κ2) is 2.25. The van der Waals surface area contributed by atoms with Crippen LogP contribution in [0.25, 0.3) is 0 Å². The Morgan fingerprint density at radius 3 is 1.71 bits per heavy atom. The molecule has 1 aromatic heterocycles. The highest BCUT2D eigenvalue weighted by Gasteiger charge is 1.97. The summed E-state index contributed by atoms with van der Waals surface area (Å²) >= 11 is 4.09. The van der Waals surface area contributed by atoms with E-state index >= 15 is 0 Å². The summed E-state index contributed by atoms with van der Waals surface area (Å²) in [6.07, 6.45) is 0. The van der Waals surface area contributed by atoms with Crippen molar-refractivity contribution in [1.29, 1.82) is 0 Å². The molecule has 0 saturated carbocycles. The fraction of sp³-hybridized carbons (Fsp3) is 0. The number of aromatic nitrogens is 2. The third-order valence-electron chi connectivity index (χ3n) is 0.412. The van der Waals surface area contributed by atoms with Gasteiger partial charge in [-0.05, 0) is 55.5 Å². The second-order valence-corrected chi connectivity index (χ2v) is 2.89. The zero-order valence-corrected chi connectivity index (χ0v) is 7.37. The van der Waals surface area contributed by atoms with Crippen LogP contribution < -0.4 is 0 Å². The van der Waals surface area contributed by atoms with Crippen LogP contribution in [0.4, 0.5) is 0 Å². The van der Waals surface area contributed by atoms with Crippen LogP contribution in [0.1, 0.15) is 0 Å². The largest absolute Gasteiger partial charge is 0.242 e. The summed E-state index contributed by atoms with van der Waals surface area (Å²) in [5, 5.41) is 7.02. The molecule has 0 spiro atoms. The average Bonchev–Trinajstić information content (AvgIpc) is 1.91. The SMILES string of the molecule is Ic1nonc1I. The van der Waals surface area contributed by atoms with Gasteiger partial charge in [-0.3, -0.25) is 0 Å². The van der Waals surface area contributed by atoms with Gasteiger partial charge in [-0.15, -0.1) is 0 Å². The predicted octanol–water partition coefficient (Wildman–Crippen LogP) is 1.28. The van der Waals surface area contributed by atoms with Gasteiger partial charge in [-0.2, -0.15) is 0 Å². The van der Waals surface area contributed by atoms with Crippen molar-refractivity contribution in [3.63, 3.8) is 0 Å². The molecule has 0 bridgehead atoms. The van der Waals surface area contributed by atoms with Crippen molar-refractivity contribution in [2.24, 2.45) is 0 Å². The van der Waals surface area contributed by atoms with Crippen LogP contribution in [0, 0.1) is 7.40 Å². The molecule has 0 amide bonds. The number of hydrogen-bond donors (Lipinski definition) is 0. The van der Waals surface area contributed by atoms with Crippen molar-refractivity contribution < 1.29 is 4.63 Å². The summed E-state index contributed by atoms with van der Waals surface area (Å²) < 4.78 is 5.97. The minimum Gasteiger partial charge on any atom is -0.242 e. The van der Waals surface area contributed by atoms with Crippen LogP contribution in [0.2, 0.25) is 0 Å².